The number of furan rings is 1. The van der Waals surface area contributed by atoms with E-state index in [0.717, 1.165) is 0 Å². The van der Waals surface area contributed by atoms with Crippen LogP contribution in [0.2, 0.25) is 5.02 Å². The predicted molar refractivity (Wildman–Crippen MR) is 79.5 cm³/mol. The fourth-order valence-corrected chi connectivity index (χ4v) is 1.82. The number of carbonyl (C=O) groups is 2. The molecule has 0 unspecified atom stereocenters. The monoisotopic (exact) mass is 304 g/mol. The Kier molecular flexibility index (Phi) is 4.79. The smallest absolute Gasteiger partial charge is 0.273 e. The third kappa shape index (κ3) is 3.97. The van der Waals surface area contributed by atoms with Crippen LogP contribution in [0.4, 0.5) is 0 Å². The van der Waals surface area contributed by atoms with E-state index in [1.807, 2.05) is 6.07 Å². The van der Waals surface area contributed by atoms with Gasteiger partial charge in [-0.1, -0.05) is 29.8 Å². The lowest BCUT2D eigenvalue weighted by molar-refractivity contribution is -0.117. The summed E-state index contributed by atoms with van der Waals surface area (Å²) < 4.78 is 5.01. The van der Waals surface area contributed by atoms with Crippen molar-refractivity contribution in [3.8, 4) is 0 Å². The average Bonchev–Trinajstić information content (AvgIpc) is 2.90. The van der Waals surface area contributed by atoms with Gasteiger partial charge < -0.3 is 4.42 Å². The normalized spacial score (nSPS) is 10.6. The predicted octanol–water partition coefficient (Wildman–Crippen LogP) is 2.72. The Morgan fingerprint density at radius 3 is 2.62 bits per heavy atom. The van der Waals surface area contributed by atoms with Crippen molar-refractivity contribution >= 4 is 29.5 Å². The molecule has 2 aromatic rings. The molecule has 2 amide bonds. The molecule has 0 atom stereocenters. The average molecular weight is 305 g/mol. The van der Waals surface area contributed by atoms with Crippen LogP contribution in [0.5, 0.6) is 0 Å². The zero-order valence-electron chi connectivity index (χ0n) is 11.2. The molecule has 0 aliphatic heterocycles. The molecule has 2 rings (SSSR count). The van der Waals surface area contributed by atoms with Gasteiger partial charge in [-0.25, -0.2) is 0 Å². The highest BCUT2D eigenvalue weighted by molar-refractivity contribution is 6.32. The molecule has 108 valence electrons. The second-order valence-electron chi connectivity index (χ2n) is 4.19. The summed E-state index contributed by atoms with van der Waals surface area (Å²) in [5.41, 5.74) is 5.65. The Morgan fingerprint density at radius 1 is 1.19 bits per heavy atom. The molecule has 6 heteroatoms. The van der Waals surface area contributed by atoms with Crippen LogP contribution < -0.4 is 10.9 Å². The van der Waals surface area contributed by atoms with Gasteiger partial charge in [0, 0.05) is 11.1 Å². The highest BCUT2D eigenvalue weighted by atomic mass is 35.5. The number of benzene rings is 1. The van der Waals surface area contributed by atoms with Crippen LogP contribution in [0, 0.1) is 6.92 Å². The number of hydrazine groups is 1. The molecular weight excluding hydrogens is 292 g/mol. The van der Waals surface area contributed by atoms with Gasteiger partial charge in [0.05, 0.1) is 11.8 Å². The van der Waals surface area contributed by atoms with Gasteiger partial charge in [0.2, 0.25) is 0 Å². The number of hydrogen-bond acceptors (Lipinski definition) is 3. The van der Waals surface area contributed by atoms with Crippen LogP contribution in [0.1, 0.15) is 21.7 Å². The second-order valence-corrected chi connectivity index (χ2v) is 4.60. The maximum atomic E-state index is 11.7. The van der Waals surface area contributed by atoms with Crippen molar-refractivity contribution in [3.05, 3.63) is 64.6 Å². The van der Waals surface area contributed by atoms with Crippen LogP contribution in [0.25, 0.3) is 6.08 Å². The molecule has 0 saturated carbocycles. The number of rotatable bonds is 3. The van der Waals surface area contributed by atoms with E-state index in [2.05, 4.69) is 10.9 Å². The lowest BCUT2D eigenvalue weighted by Crippen LogP contribution is -2.40. The number of aryl methyl sites for hydroxylation is 1. The standard InChI is InChI=1S/C15H13ClN2O3/c1-10-12(8-9-21-10)15(20)18-17-14(19)7-6-11-4-2-3-5-13(11)16/h2-9H,1H3,(H,17,19)(H,18,20)/b7-6+. The summed E-state index contributed by atoms with van der Waals surface area (Å²) in [6.45, 7) is 1.66. The minimum Gasteiger partial charge on any atom is -0.469 e. The van der Waals surface area contributed by atoms with Crippen LogP contribution >= 0.6 is 11.6 Å². The Bertz CT molecular complexity index is 692. The number of nitrogens with one attached hydrogen (secondary N) is 2. The first-order chi connectivity index (χ1) is 10.1. The Labute approximate surface area is 126 Å². The van der Waals surface area contributed by atoms with Crippen LogP contribution in [-0.2, 0) is 4.79 Å². The molecule has 2 N–H and O–H groups in total. The molecule has 0 bridgehead atoms. The molecule has 0 aliphatic rings. The summed E-state index contributed by atoms with van der Waals surface area (Å²) in [5, 5.41) is 0.541. The van der Waals surface area contributed by atoms with E-state index in [-0.39, 0.29) is 0 Å². The molecule has 1 aromatic carbocycles. The summed E-state index contributed by atoms with van der Waals surface area (Å²) in [6, 6.07) is 8.64. The van der Waals surface area contributed by atoms with Gasteiger partial charge in [0.1, 0.15) is 5.76 Å². The highest BCUT2D eigenvalue weighted by Crippen LogP contribution is 2.15. The molecular formula is C15H13ClN2O3. The SMILES string of the molecule is Cc1occc1C(=O)NNC(=O)/C=C/c1ccccc1Cl. The minimum atomic E-state index is -0.468. The zero-order chi connectivity index (χ0) is 15.2. The number of halogens is 1. The summed E-state index contributed by atoms with van der Waals surface area (Å²) in [6.07, 6.45) is 4.25. The molecule has 0 saturated heterocycles. The van der Waals surface area contributed by atoms with Gasteiger partial charge >= 0.3 is 0 Å². The van der Waals surface area contributed by atoms with Crippen LogP contribution in [0.15, 0.2) is 47.1 Å². The molecule has 5 nitrogen and oxygen atoms in total. The van der Waals surface area contributed by atoms with Crippen molar-refractivity contribution < 1.29 is 14.0 Å². The summed E-state index contributed by atoms with van der Waals surface area (Å²) in [4.78, 5) is 23.3. The lowest BCUT2D eigenvalue weighted by Gasteiger charge is -2.04. The van der Waals surface area contributed by atoms with E-state index >= 15 is 0 Å². The first-order valence-electron chi connectivity index (χ1n) is 6.15. The number of amides is 2. The van der Waals surface area contributed by atoms with E-state index in [9.17, 15) is 9.59 Å². The number of hydrogen-bond donors (Lipinski definition) is 2. The first kappa shape index (κ1) is 14.9. The van der Waals surface area contributed by atoms with Gasteiger partial charge in [-0.15, -0.1) is 0 Å². The maximum absolute atomic E-state index is 11.7. The fraction of sp³-hybridized carbons (Fsp3) is 0.0667. The third-order valence-electron chi connectivity index (χ3n) is 2.72. The van der Waals surface area contributed by atoms with E-state index in [1.165, 1.54) is 18.4 Å². The zero-order valence-corrected chi connectivity index (χ0v) is 12.0. The van der Waals surface area contributed by atoms with Gasteiger partial charge in [0.15, 0.2) is 0 Å². The van der Waals surface area contributed by atoms with E-state index in [4.69, 9.17) is 16.0 Å². The van der Waals surface area contributed by atoms with Crippen molar-refractivity contribution in [2.24, 2.45) is 0 Å². The van der Waals surface area contributed by atoms with Crippen LogP contribution in [0.3, 0.4) is 0 Å². The molecule has 1 aromatic heterocycles. The summed E-state index contributed by atoms with van der Waals surface area (Å²) in [7, 11) is 0. The molecule has 0 radical (unpaired) electrons. The van der Waals surface area contributed by atoms with Crippen LogP contribution in [-0.4, -0.2) is 11.8 Å². The van der Waals surface area contributed by atoms with Gasteiger partial charge in [0.25, 0.3) is 11.8 Å². The van der Waals surface area contributed by atoms with Gasteiger partial charge in [-0.2, -0.15) is 0 Å². The van der Waals surface area contributed by atoms with E-state index < -0.39 is 11.8 Å². The largest absolute Gasteiger partial charge is 0.469 e. The summed E-state index contributed by atoms with van der Waals surface area (Å²) >= 11 is 5.96. The van der Waals surface area contributed by atoms with Crippen molar-refractivity contribution in [2.75, 3.05) is 0 Å². The highest BCUT2D eigenvalue weighted by Gasteiger charge is 2.11. The summed E-state index contributed by atoms with van der Waals surface area (Å²) in [5.74, 6) is -0.432. The van der Waals surface area contributed by atoms with Crippen molar-refractivity contribution in [2.45, 2.75) is 6.92 Å². The Balaban J connectivity index is 1.90. The molecule has 0 fully saturated rings. The van der Waals surface area contributed by atoms with Gasteiger partial charge in [-0.05, 0) is 30.7 Å². The molecule has 1 heterocycles. The topological polar surface area (TPSA) is 71.3 Å². The first-order valence-corrected chi connectivity index (χ1v) is 6.53. The lowest BCUT2D eigenvalue weighted by atomic mass is 10.2. The third-order valence-corrected chi connectivity index (χ3v) is 3.07. The second kappa shape index (κ2) is 6.76. The van der Waals surface area contributed by atoms with E-state index in [0.29, 0.717) is 21.9 Å². The molecule has 0 aliphatic carbocycles. The fourth-order valence-electron chi connectivity index (χ4n) is 1.62. The minimum absolute atomic E-state index is 0.366. The number of carbonyl (C=O) groups excluding carboxylic acids is 2. The van der Waals surface area contributed by atoms with Gasteiger partial charge in [-0.3, -0.25) is 20.4 Å². The molecule has 21 heavy (non-hydrogen) atoms. The van der Waals surface area contributed by atoms with Crippen molar-refractivity contribution in [3.63, 3.8) is 0 Å². The van der Waals surface area contributed by atoms with Crippen molar-refractivity contribution in [1.29, 1.82) is 0 Å². The van der Waals surface area contributed by atoms with Crippen molar-refractivity contribution in [1.82, 2.24) is 10.9 Å². The quantitative estimate of drug-likeness (QED) is 0.676. The Morgan fingerprint density at radius 2 is 1.95 bits per heavy atom. The molecule has 0 spiro atoms. The maximum Gasteiger partial charge on any atom is 0.273 e. The Hall–Kier alpha value is -2.53. The van der Waals surface area contributed by atoms with E-state index in [1.54, 1.807) is 31.2 Å².